The summed E-state index contributed by atoms with van der Waals surface area (Å²) in [6, 6.07) is 4.31. The van der Waals surface area contributed by atoms with Gasteiger partial charge in [0.2, 0.25) is 5.95 Å². The molecule has 0 saturated carbocycles. The summed E-state index contributed by atoms with van der Waals surface area (Å²) in [5.41, 5.74) is 13.4. The molecule has 3 aromatic heterocycles. The molecule has 0 aromatic carbocycles. The number of nitrogens with one attached hydrogen (secondary N) is 2. The molecule has 5 N–H and O–H groups in total. The number of fused-ring (bicyclic) bond motifs is 1. The van der Waals surface area contributed by atoms with Crippen LogP contribution >= 0.6 is 0 Å². The Hall–Kier alpha value is -2.97. The molecule has 1 aliphatic heterocycles. The number of nitrogens with two attached hydrogens (primary N) is 1. The third-order valence-corrected chi connectivity index (χ3v) is 5.51. The monoisotopic (exact) mass is 407 g/mol. The lowest BCUT2D eigenvalue weighted by Gasteiger charge is -2.22. The van der Waals surface area contributed by atoms with Gasteiger partial charge in [-0.1, -0.05) is 13.3 Å². The first kappa shape index (κ1) is 20.3. The summed E-state index contributed by atoms with van der Waals surface area (Å²) in [6.07, 6.45) is 7.32. The molecule has 1 aliphatic rings. The van der Waals surface area contributed by atoms with Crippen molar-refractivity contribution >= 4 is 22.6 Å². The van der Waals surface area contributed by atoms with Crippen LogP contribution in [-0.2, 0) is 5.60 Å². The fourth-order valence-corrected chi connectivity index (χ4v) is 3.83. The summed E-state index contributed by atoms with van der Waals surface area (Å²) in [6.45, 7) is 8.83. The minimum Gasteiger partial charge on any atom is -0.384 e. The van der Waals surface area contributed by atoms with Crippen molar-refractivity contribution in [1.29, 1.82) is 0 Å². The van der Waals surface area contributed by atoms with Gasteiger partial charge in [-0.25, -0.2) is 20.4 Å². The van der Waals surface area contributed by atoms with Crippen LogP contribution < -0.4 is 11.2 Å². The molecule has 8 heteroatoms. The van der Waals surface area contributed by atoms with Crippen LogP contribution in [0.25, 0.3) is 27.9 Å². The lowest BCUT2D eigenvalue weighted by molar-refractivity contribution is 0.0425. The number of hydrogen-bond acceptors (Lipinski definition) is 7. The number of anilines is 1. The second-order valence-electron chi connectivity index (χ2n) is 8.33. The van der Waals surface area contributed by atoms with Crippen LogP contribution in [0.4, 0.5) is 5.95 Å². The SMILES string of the molecule is CCCC(C)(O)c1cc(-c2c[nH]c3ncc(C4=CN(C(C)C)NC4)cc23)nc(N)n1. The highest BCUT2D eigenvalue weighted by Crippen LogP contribution is 2.32. The van der Waals surface area contributed by atoms with Crippen LogP contribution in [0.1, 0.15) is 51.8 Å². The zero-order valence-corrected chi connectivity index (χ0v) is 17.9. The van der Waals surface area contributed by atoms with Crippen LogP contribution in [0.2, 0.25) is 0 Å². The van der Waals surface area contributed by atoms with Crippen molar-refractivity contribution in [3.05, 3.63) is 42.0 Å². The van der Waals surface area contributed by atoms with E-state index in [9.17, 15) is 5.11 Å². The number of hydrogen-bond donors (Lipinski definition) is 4. The first-order valence-corrected chi connectivity index (χ1v) is 10.4. The average Bonchev–Trinajstić information content (AvgIpc) is 3.34. The van der Waals surface area contributed by atoms with Crippen molar-refractivity contribution in [1.82, 2.24) is 30.4 Å². The predicted molar refractivity (Wildman–Crippen MR) is 119 cm³/mol. The Balaban J connectivity index is 1.77. The van der Waals surface area contributed by atoms with Gasteiger partial charge in [0.25, 0.3) is 0 Å². The van der Waals surface area contributed by atoms with Crippen molar-refractivity contribution in [3.63, 3.8) is 0 Å². The molecule has 0 fully saturated rings. The van der Waals surface area contributed by atoms with Crippen molar-refractivity contribution in [3.8, 4) is 11.3 Å². The second-order valence-corrected chi connectivity index (χ2v) is 8.33. The van der Waals surface area contributed by atoms with E-state index in [0.29, 0.717) is 23.9 Å². The molecule has 1 atom stereocenters. The Labute approximate surface area is 176 Å². The third kappa shape index (κ3) is 3.76. The highest BCUT2D eigenvalue weighted by Gasteiger charge is 2.26. The smallest absolute Gasteiger partial charge is 0.220 e. The van der Waals surface area contributed by atoms with Crippen LogP contribution in [0.5, 0.6) is 0 Å². The first-order valence-electron chi connectivity index (χ1n) is 10.4. The van der Waals surface area contributed by atoms with Crippen molar-refractivity contribution in [2.45, 2.75) is 52.2 Å². The zero-order valence-electron chi connectivity index (χ0n) is 17.9. The van der Waals surface area contributed by atoms with E-state index in [-0.39, 0.29) is 5.95 Å². The van der Waals surface area contributed by atoms with Gasteiger partial charge in [0, 0.05) is 42.1 Å². The number of nitrogens with zero attached hydrogens (tertiary/aromatic N) is 4. The molecule has 4 rings (SSSR count). The molecule has 8 nitrogen and oxygen atoms in total. The van der Waals surface area contributed by atoms with Gasteiger partial charge in [-0.2, -0.15) is 0 Å². The van der Waals surface area contributed by atoms with Gasteiger partial charge in [-0.15, -0.1) is 0 Å². The predicted octanol–water partition coefficient (Wildman–Crippen LogP) is 3.18. The van der Waals surface area contributed by atoms with E-state index in [1.54, 1.807) is 6.92 Å². The molecule has 30 heavy (non-hydrogen) atoms. The second kappa shape index (κ2) is 7.70. The maximum Gasteiger partial charge on any atom is 0.220 e. The number of rotatable bonds is 6. The van der Waals surface area contributed by atoms with E-state index >= 15 is 0 Å². The molecule has 4 heterocycles. The van der Waals surface area contributed by atoms with Crippen molar-refractivity contribution < 1.29 is 5.11 Å². The maximum absolute atomic E-state index is 10.8. The quantitative estimate of drug-likeness (QED) is 0.496. The topological polar surface area (TPSA) is 116 Å². The molecule has 0 amide bonds. The average molecular weight is 408 g/mol. The van der Waals surface area contributed by atoms with Gasteiger partial charge in [-0.05, 0) is 50.5 Å². The van der Waals surface area contributed by atoms with Gasteiger partial charge in [0.1, 0.15) is 11.2 Å². The Morgan fingerprint density at radius 3 is 2.80 bits per heavy atom. The number of aromatic nitrogens is 4. The minimum absolute atomic E-state index is 0.146. The van der Waals surface area contributed by atoms with E-state index in [4.69, 9.17) is 5.73 Å². The van der Waals surface area contributed by atoms with E-state index in [1.165, 1.54) is 5.57 Å². The lowest BCUT2D eigenvalue weighted by atomic mass is 9.95. The number of pyridine rings is 1. The van der Waals surface area contributed by atoms with Gasteiger partial charge in [-0.3, -0.25) is 0 Å². The molecule has 158 valence electrons. The Kier molecular flexibility index (Phi) is 5.21. The van der Waals surface area contributed by atoms with Crippen LogP contribution in [-0.4, -0.2) is 42.6 Å². The molecule has 0 saturated heterocycles. The molecule has 0 bridgehead atoms. The number of hydrazine groups is 1. The summed E-state index contributed by atoms with van der Waals surface area (Å²) in [4.78, 5) is 16.5. The first-order chi connectivity index (χ1) is 14.3. The van der Waals surface area contributed by atoms with Gasteiger partial charge < -0.3 is 20.8 Å². The summed E-state index contributed by atoms with van der Waals surface area (Å²) in [5.74, 6) is 0.146. The molecule has 1 unspecified atom stereocenters. The number of nitrogen functional groups attached to an aromatic ring is 1. The standard InChI is InChI=1S/C22H29N7O/c1-5-6-22(4,30)19-8-18(27-21(23)28-19)17-11-25-20-16(17)7-14(9-24-20)15-10-26-29(12-15)13(2)3/h7-9,11-13,26,30H,5-6,10H2,1-4H3,(H,24,25)(H2,23,27,28). The molecule has 0 spiro atoms. The molecule has 0 aliphatic carbocycles. The fraction of sp³-hybridized carbons (Fsp3) is 0.409. The van der Waals surface area contributed by atoms with Gasteiger partial charge >= 0.3 is 0 Å². The maximum atomic E-state index is 10.8. The Morgan fingerprint density at radius 2 is 2.10 bits per heavy atom. The third-order valence-electron chi connectivity index (χ3n) is 5.51. The van der Waals surface area contributed by atoms with E-state index in [2.05, 4.69) is 56.5 Å². The lowest BCUT2D eigenvalue weighted by Crippen LogP contribution is -2.34. The van der Waals surface area contributed by atoms with Crippen LogP contribution in [0, 0.1) is 0 Å². The molecule has 0 radical (unpaired) electrons. The zero-order chi connectivity index (χ0) is 21.5. The number of H-pyrrole nitrogens is 1. The van der Waals surface area contributed by atoms with Crippen molar-refractivity contribution in [2.75, 3.05) is 12.3 Å². The van der Waals surface area contributed by atoms with E-state index < -0.39 is 5.60 Å². The normalized spacial score (nSPS) is 16.3. The van der Waals surface area contributed by atoms with Crippen LogP contribution in [0.3, 0.4) is 0 Å². The summed E-state index contributed by atoms with van der Waals surface area (Å²) >= 11 is 0. The largest absolute Gasteiger partial charge is 0.384 e. The number of aromatic amines is 1. The summed E-state index contributed by atoms with van der Waals surface area (Å²) in [7, 11) is 0. The minimum atomic E-state index is -1.06. The molecular weight excluding hydrogens is 378 g/mol. The Morgan fingerprint density at radius 1 is 1.30 bits per heavy atom. The Bertz CT molecular complexity index is 1100. The van der Waals surface area contributed by atoms with Gasteiger partial charge in [0.15, 0.2) is 0 Å². The van der Waals surface area contributed by atoms with Gasteiger partial charge in [0.05, 0.1) is 11.4 Å². The molecular formula is C22H29N7O. The summed E-state index contributed by atoms with van der Waals surface area (Å²) < 4.78 is 0. The van der Waals surface area contributed by atoms with Crippen molar-refractivity contribution in [2.24, 2.45) is 0 Å². The number of aliphatic hydroxyl groups is 1. The van der Waals surface area contributed by atoms with E-state index in [1.807, 2.05) is 25.4 Å². The molecule has 3 aromatic rings. The van der Waals surface area contributed by atoms with Crippen LogP contribution in [0.15, 0.2) is 30.7 Å². The highest BCUT2D eigenvalue weighted by molar-refractivity contribution is 5.94. The fourth-order valence-electron chi connectivity index (χ4n) is 3.83. The highest BCUT2D eigenvalue weighted by atomic mass is 16.3. The van der Waals surface area contributed by atoms with E-state index in [0.717, 1.165) is 35.1 Å². The summed E-state index contributed by atoms with van der Waals surface area (Å²) in [5, 5.41) is 13.9.